The SMILES string of the molecule is NC(=O)[C@@H]1N[C@H]1c1cccc(F)c1. The smallest absolute Gasteiger partial charge is 0.236 e. The van der Waals surface area contributed by atoms with Crippen molar-refractivity contribution in [1.29, 1.82) is 0 Å². The maximum Gasteiger partial charge on any atom is 0.236 e. The Balaban J connectivity index is 2.16. The highest BCUT2D eigenvalue weighted by molar-refractivity contribution is 5.84. The van der Waals surface area contributed by atoms with E-state index in [1.54, 1.807) is 12.1 Å². The molecule has 3 nitrogen and oxygen atoms in total. The molecule has 1 aromatic carbocycles. The van der Waals surface area contributed by atoms with Gasteiger partial charge in [-0.15, -0.1) is 0 Å². The molecule has 0 spiro atoms. The molecule has 13 heavy (non-hydrogen) atoms. The largest absolute Gasteiger partial charge is 0.368 e. The molecule has 0 radical (unpaired) electrons. The highest BCUT2D eigenvalue weighted by Crippen LogP contribution is 2.29. The maximum atomic E-state index is 12.7. The normalized spacial score (nSPS) is 25.6. The summed E-state index contributed by atoms with van der Waals surface area (Å²) in [6.45, 7) is 0. The van der Waals surface area contributed by atoms with Crippen LogP contribution in [0.2, 0.25) is 0 Å². The molecule has 0 aromatic heterocycles. The van der Waals surface area contributed by atoms with Crippen molar-refractivity contribution in [3.8, 4) is 0 Å². The lowest BCUT2D eigenvalue weighted by atomic mass is 10.1. The van der Waals surface area contributed by atoms with E-state index in [-0.39, 0.29) is 17.9 Å². The van der Waals surface area contributed by atoms with Crippen LogP contribution in [0.5, 0.6) is 0 Å². The molecule has 0 aliphatic carbocycles. The van der Waals surface area contributed by atoms with Crippen LogP contribution in [-0.2, 0) is 4.79 Å². The molecule has 3 N–H and O–H groups in total. The van der Waals surface area contributed by atoms with Gasteiger partial charge < -0.3 is 5.73 Å². The summed E-state index contributed by atoms with van der Waals surface area (Å²) in [6.07, 6.45) is 0. The minimum Gasteiger partial charge on any atom is -0.368 e. The zero-order valence-electron chi connectivity index (χ0n) is 6.83. The van der Waals surface area contributed by atoms with Gasteiger partial charge in [0.05, 0.1) is 6.04 Å². The van der Waals surface area contributed by atoms with Gasteiger partial charge in [0, 0.05) is 0 Å². The van der Waals surface area contributed by atoms with Crippen LogP contribution < -0.4 is 11.1 Å². The molecular formula is C9H9FN2O. The van der Waals surface area contributed by atoms with Gasteiger partial charge in [-0.2, -0.15) is 0 Å². The average Bonchev–Trinajstić information content (AvgIpc) is 2.82. The number of carbonyl (C=O) groups excluding carboxylic acids is 1. The van der Waals surface area contributed by atoms with Crippen LogP contribution >= 0.6 is 0 Å². The van der Waals surface area contributed by atoms with Gasteiger partial charge in [-0.3, -0.25) is 10.1 Å². The van der Waals surface area contributed by atoms with E-state index in [1.165, 1.54) is 12.1 Å². The fourth-order valence-electron chi connectivity index (χ4n) is 1.37. The first-order chi connectivity index (χ1) is 6.18. The van der Waals surface area contributed by atoms with E-state index in [0.29, 0.717) is 0 Å². The Morgan fingerprint density at radius 3 is 2.85 bits per heavy atom. The zero-order chi connectivity index (χ0) is 9.42. The predicted octanol–water partition coefficient (Wildman–Crippen LogP) is 0.324. The standard InChI is InChI=1S/C9H9FN2O/c10-6-3-1-2-5(4-6)7-8(12-7)9(11)13/h1-4,7-8,12H,(H2,11,13)/t7-,8+/m0/s1. The second kappa shape index (κ2) is 2.81. The van der Waals surface area contributed by atoms with Crippen molar-refractivity contribution < 1.29 is 9.18 Å². The van der Waals surface area contributed by atoms with Crippen molar-refractivity contribution in [2.45, 2.75) is 12.1 Å². The minimum absolute atomic E-state index is 0.104. The molecule has 1 aliphatic heterocycles. The van der Waals surface area contributed by atoms with Crippen molar-refractivity contribution >= 4 is 5.91 Å². The molecule has 0 unspecified atom stereocenters. The van der Waals surface area contributed by atoms with Crippen LogP contribution in [0.1, 0.15) is 11.6 Å². The molecule has 2 atom stereocenters. The van der Waals surface area contributed by atoms with Crippen LogP contribution in [0.15, 0.2) is 24.3 Å². The van der Waals surface area contributed by atoms with Crippen LogP contribution in [0.4, 0.5) is 4.39 Å². The number of nitrogens with two attached hydrogens (primary N) is 1. The number of amides is 1. The topological polar surface area (TPSA) is 65.0 Å². The Bertz CT molecular complexity index is 353. The van der Waals surface area contributed by atoms with Gasteiger partial charge in [0.25, 0.3) is 0 Å². The molecule has 1 amide bonds. The monoisotopic (exact) mass is 180 g/mol. The summed E-state index contributed by atoms with van der Waals surface area (Å²) in [5, 5.41) is 2.87. The third-order valence-corrected chi connectivity index (χ3v) is 2.10. The van der Waals surface area contributed by atoms with Crippen molar-refractivity contribution in [3.63, 3.8) is 0 Å². The fourth-order valence-corrected chi connectivity index (χ4v) is 1.37. The number of rotatable bonds is 2. The van der Waals surface area contributed by atoms with E-state index in [0.717, 1.165) is 5.56 Å². The first-order valence-electron chi connectivity index (χ1n) is 3.99. The van der Waals surface area contributed by atoms with E-state index in [9.17, 15) is 9.18 Å². The van der Waals surface area contributed by atoms with Crippen molar-refractivity contribution in [1.82, 2.24) is 5.32 Å². The number of hydrogen-bond donors (Lipinski definition) is 2. The Kier molecular flexibility index (Phi) is 1.77. The number of primary amides is 1. The summed E-state index contributed by atoms with van der Waals surface area (Å²) in [5.41, 5.74) is 5.84. The van der Waals surface area contributed by atoms with Crippen LogP contribution in [-0.4, -0.2) is 11.9 Å². The molecule has 1 heterocycles. The fraction of sp³-hybridized carbons (Fsp3) is 0.222. The summed E-state index contributed by atoms with van der Waals surface area (Å²) in [4.78, 5) is 10.7. The van der Waals surface area contributed by atoms with Crippen molar-refractivity contribution in [3.05, 3.63) is 35.6 Å². The van der Waals surface area contributed by atoms with E-state index in [1.807, 2.05) is 0 Å². The van der Waals surface area contributed by atoms with Gasteiger partial charge in [0.2, 0.25) is 5.91 Å². The maximum absolute atomic E-state index is 12.7. The Hall–Kier alpha value is -1.42. The molecule has 1 aromatic rings. The third-order valence-electron chi connectivity index (χ3n) is 2.10. The first kappa shape index (κ1) is 8.19. The summed E-state index contributed by atoms with van der Waals surface area (Å²) in [7, 11) is 0. The molecule has 1 saturated heterocycles. The number of nitrogens with one attached hydrogen (secondary N) is 1. The lowest BCUT2D eigenvalue weighted by molar-refractivity contribution is -0.117. The molecule has 0 saturated carbocycles. The molecule has 1 aliphatic rings. The summed E-state index contributed by atoms with van der Waals surface area (Å²) in [5.74, 6) is -0.691. The average molecular weight is 180 g/mol. The van der Waals surface area contributed by atoms with E-state index in [2.05, 4.69) is 5.32 Å². The highest BCUT2D eigenvalue weighted by atomic mass is 19.1. The molecule has 4 heteroatoms. The van der Waals surface area contributed by atoms with Crippen LogP contribution in [0, 0.1) is 5.82 Å². The Morgan fingerprint density at radius 2 is 2.31 bits per heavy atom. The lowest BCUT2D eigenvalue weighted by Gasteiger charge is -1.95. The molecule has 1 fully saturated rings. The summed E-state index contributed by atoms with van der Waals surface area (Å²) < 4.78 is 12.7. The Morgan fingerprint density at radius 1 is 1.54 bits per heavy atom. The van der Waals surface area contributed by atoms with Gasteiger partial charge in [-0.1, -0.05) is 12.1 Å². The third kappa shape index (κ3) is 1.53. The van der Waals surface area contributed by atoms with E-state index < -0.39 is 5.91 Å². The molecule has 0 bridgehead atoms. The van der Waals surface area contributed by atoms with Gasteiger partial charge in [-0.05, 0) is 17.7 Å². The van der Waals surface area contributed by atoms with Crippen LogP contribution in [0.3, 0.4) is 0 Å². The van der Waals surface area contributed by atoms with Gasteiger partial charge in [0.1, 0.15) is 11.9 Å². The van der Waals surface area contributed by atoms with Crippen molar-refractivity contribution in [2.24, 2.45) is 5.73 Å². The second-order valence-corrected chi connectivity index (χ2v) is 3.08. The van der Waals surface area contributed by atoms with E-state index >= 15 is 0 Å². The summed E-state index contributed by atoms with van der Waals surface area (Å²) in [6, 6.07) is 5.72. The molecular weight excluding hydrogens is 171 g/mol. The second-order valence-electron chi connectivity index (χ2n) is 3.08. The number of halogens is 1. The quantitative estimate of drug-likeness (QED) is 0.644. The van der Waals surface area contributed by atoms with Gasteiger partial charge >= 0.3 is 0 Å². The van der Waals surface area contributed by atoms with Gasteiger partial charge in [0.15, 0.2) is 0 Å². The van der Waals surface area contributed by atoms with Crippen molar-refractivity contribution in [2.75, 3.05) is 0 Å². The van der Waals surface area contributed by atoms with Crippen LogP contribution in [0.25, 0.3) is 0 Å². The predicted molar refractivity (Wildman–Crippen MR) is 45.3 cm³/mol. The number of benzene rings is 1. The number of carbonyl (C=O) groups is 1. The molecule has 68 valence electrons. The first-order valence-corrected chi connectivity index (χ1v) is 3.99. The van der Waals surface area contributed by atoms with E-state index in [4.69, 9.17) is 5.73 Å². The number of hydrogen-bond acceptors (Lipinski definition) is 2. The minimum atomic E-state index is -0.394. The Labute approximate surface area is 74.7 Å². The van der Waals surface area contributed by atoms with Gasteiger partial charge in [-0.25, -0.2) is 4.39 Å². The zero-order valence-corrected chi connectivity index (χ0v) is 6.83. The highest BCUT2D eigenvalue weighted by Gasteiger charge is 2.41. The summed E-state index contributed by atoms with van der Waals surface area (Å²) >= 11 is 0. The molecule has 2 rings (SSSR count). The lowest BCUT2D eigenvalue weighted by Crippen LogP contribution is -2.20.